The van der Waals surface area contributed by atoms with Crippen LogP contribution in [0, 0.1) is 0 Å². The molecule has 0 saturated heterocycles. The van der Waals surface area contributed by atoms with Crippen molar-refractivity contribution < 1.29 is 4.74 Å². The summed E-state index contributed by atoms with van der Waals surface area (Å²) in [7, 11) is 0. The number of nitrogens with one attached hydrogen (secondary N) is 2. The van der Waals surface area contributed by atoms with Gasteiger partial charge in [0.1, 0.15) is 5.69 Å². The maximum atomic E-state index is 5.52. The minimum Gasteiger partial charge on any atom is -0.379 e. The number of hydrogen-bond acceptors (Lipinski definition) is 4. The highest BCUT2D eigenvalue weighted by Crippen LogP contribution is 2.08. The number of aromatic nitrogens is 3. The third-order valence-electron chi connectivity index (χ3n) is 2.06. The molecule has 0 spiro atoms. The second-order valence-electron chi connectivity index (χ2n) is 3.48. The van der Waals surface area contributed by atoms with Gasteiger partial charge in [-0.3, -0.25) is 0 Å². The van der Waals surface area contributed by atoms with E-state index in [0.717, 1.165) is 31.7 Å². The van der Waals surface area contributed by atoms with E-state index in [1.54, 1.807) is 6.20 Å². The second kappa shape index (κ2) is 7.36. The van der Waals surface area contributed by atoms with Crippen LogP contribution in [-0.4, -0.2) is 35.2 Å². The van der Waals surface area contributed by atoms with E-state index in [1.807, 2.05) is 0 Å². The predicted molar refractivity (Wildman–Crippen MR) is 58.5 cm³/mol. The van der Waals surface area contributed by atoms with Gasteiger partial charge in [0.05, 0.1) is 18.8 Å². The Morgan fingerprint density at radius 1 is 1.47 bits per heavy atom. The lowest BCUT2D eigenvalue weighted by Gasteiger charge is -2.15. The highest BCUT2D eigenvalue weighted by molar-refractivity contribution is 4.99. The molecule has 0 fully saturated rings. The van der Waals surface area contributed by atoms with Crippen LogP contribution < -0.4 is 5.32 Å². The number of H-pyrrole nitrogens is 1. The van der Waals surface area contributed by atoms with Crippen molar-refractivity contribution in [1.29, 1.82) is 0 Å². The minimum atomic E-state index is 0.148. The van der Waals surface area contributed by atoms with Gasteiger partial charge in [-0.05, 0) is 19.4 Å². The van der Waals surface area contributed by atoms with Crippen molar-refractivity contribution in [3.8, 4) is 0 Å². The smallest absolute Gasteiger partial charge is 0.102 e. The van der Waals surface area contributed by atoms with Crippen molar-refractivity contribution in [2.24, 2.45) is 0 Å². The highest BCUT2D eigenvalue weighted by atomic mass is 16.5. The summed E-state index contributed by atoms with van der Waals surface area (Å²) in [6.07, 6.45) is 3.88. The zero-order chi connectivity index (χ0) is 10.9. The Morgan fingerprint density at radius 3 is 2.93 bits per heavy atom. The van der Waals surface area contributed by atoms with Gasteiger partial charge in [0.15, 0.2) is 0 Å². The van der Waals surface area contributed by atoms with Gasteiger partial charge in [-0.25, -0.2) is 0 Å². The Kier molecular flexibility index (Phi) is 5.96. The normalized spacial score (nSPS) is 12.9. The fraction of sp³-hybridized carbons (Fsp3) is 0.800. The molecule has 0 aliphatic rings. The summed E-state index contributed by atoms with van der Waals surface area (Å²) < 4.78 is 5.52. The van der Waals surface area contributed by atoms with Crippen molar-refractivity contribution in [3.05, 3.63) is 11.9 Å². The molecule has 1 aromatic rings. The number of hydrogen-bond donors (Lipinski definition) is 2. The van der Waals surface area contributed by atoms with E-state index in [4.69, 9.17) is 4.74 Å². The Bertz CT molecular complexity index is 238. The van der Waals surface area contributed by atoms with Crippen LogP contribution in [0.3, 0.4) is 0 Å². The molecule has 0 bridgehead atoms. The van der Waals surface area contributed by atoms with Gasteiger partial charge in [-0.15, -0.1) is 0 Å². The third kappa shape index (κ3) is 4.40. The largest absolute Gasteiger partial charge is 0.379 e. The molecule has 0 aliphatic carbocycles. The van der Waals surface area contributed by atoms with Gasteiger partial charge in [0.25, 0.3) is 0 Å². The van der Waals surface area contributed by atoms with Crippen LogP contribution in [0.1, 0.15) is 38.4 Å². The van der Waals surface area contributed by atoms with E-state index in [9.17, 15) is 0 Å². The molecule has 0 amide bonds. The first-order chi connectivity index (χ1) is 7.38. The summed E-state index contributed by atoms with van der Waals surface area (Å²) >= 11 is 0. The average Bonchev–Trinajstić information content (AvgIpc) is 2.76. The molecule has 0 aliphatic heterocycles. The number of aromatic amines is 1. The molecule has 0 radical (unpaired) electrons. The topological polar surface area (TPSA) is 62.8 Å². The van der Waals surface area contributed by atoms with Crippen LogP contribution in [0.25, 0.3) is 0 Å². The number of rotatable bonds is 8. The molecular weight excluding hydrogens is 192 g/mol. The van der Waals surface area contributed by atoms with E-state index < -0.39 is 0 Å². The molecule has 1 atom stereocenters. The number of ether oxygens (including phenoxy) is 1. The van der Waals surface area contributed by atoms with Crippen LogP contribution in [-0.2, 0) is 4.74 Å². The molecule has 5 nitrogen and oxygen atoms in total. The zero-order valence-electron chi connectivity index (χ0n) is 9.49. The maximum Gasteiger partial charge on any atom is 0.102 e. The van der Waals surface area contributed by atoms with Gasteiger partial charge in [0.2, 0.25) is 0 Å². The van der Waals surface area contributed by atoms with Crippen LogP contribution >= 0.6 is 0 Å². The predicted octanol–water partition coefficient (Wildman–Crippen LogP) is 1.27. The molecule has 1 unspecified atom stereocenters. The van der Waals surface area contributed by atoms with Gasteiger partial charge >= 0.3 is 0 Å². The van der Waals surface area contributed by atoms with E-state index >= 15 is 0 Å². The summed E-state index contributed by atoms with van der Waals surface area (Å²) in [5.41, 5.74) is 0.916. The monoisotopic (exact) mass is 212 g/mol. The average molecular weight is 212 g/mol. The quantitative estimate of drug-likeness (QED) is 0.637. The second-order valence-corrected chi connectivity index (χ2v) is 3.48. The highest BCUT2D eigenvalue weighted by Gasteiger charge is 2.12. The first-order valence-electron chi connectivity index (χ1n) is 5.55. The molecule has 1 aromatic heterocycles. The minimum absolute atomic E-state index is 0.148. The molecule has 2 N–H and O–H groups in total. The van der Waals surface area contributed by atoms with Gasteiger partial charge in [-0.2, -0.15) is 15.4 Å². The Morgan fingerprint density at radius 2 is 2.33 bits per heavy atom. The van der Waals surface area contributed by atoms with Crippen LogP contribution in [0.5, 0.6) is 0 Å². The van der Waals surface area contributed by atoms with Gasteiger partial charge < -0.3 is 10.1 Å². The summed E-state index contributed by atoms with van der Waals surface area (Å²) in [6.45, 7) is 6.65. The zero-order valence-corrected chi connectivity index (χ0v) is 9.49. The summed E-state index contributed by atoms with van der Waals surface area (Å²) in [6, 6.07) is 0.148. The van der Waals surface area contributed by atoms with Crippen LogP contribution in [0.15, 0.2) is 6.20 Å². The fourth-order valence-corrected chi connectivity index (χ4v) is 1.29. The van der Waals surface area contributed by atoms with E-state index in [0.29, 0.717) is 6.61 Å². The van der Waals surface area contributed by atoms with E-state index in [1.165, 1.54) is 0 Å². The third-order valence-corrected chi connectivity index (χ3v) is 2.06. The summed E-state index contributed by atoms with van der Waals surface area (Å²) in [5.74, 6) is 0. The van der Waals surface area contributed by atoms with Crippen LogP contribution in [0.2, 0.25) is 0 Å². The molecule has 0 saturated carbocycles. The van der Waals surface area contributed by atoms with Crippen molar-refractivity contribution in [3.63, 3.8) is 0 Å². The van der Waals surface area contributed by atoms with Crippen molar-refractivity contribution >= 4 is 0 Å². The first kappa shape index (κ1) is 12.1. The summed E-state index contributed by atoms with van der Waals surface area (Å²) in [5, 5.41) is 13.9. The Labute approximate surface area is 90.6 Å². The van der Waals surface area contributed by atoms with Crippen LogP contribution in [0.4, 0.5) is 0 Å². The fourth-order valence-electron chi connectivity index (χ4n) is 1.29. The molecule has 86 valence electrons. The Balaban J connectivity index is 2.39. The lowest BCUT2D eigenvalue weighted by Crippen LogP contribution is -2.26. The molecule has 15 heavy (non-hydrogen) atoms. The maximum absolute atomic E-state index is 5.52. The van der Waals surface area contributed by atoms with Gasteiger partial charge in [-0.1, -0.05) is 13.8 Å². The van der Waals surface area contributed by atoms with Crippen molar-refractivity contribution in [2.75, 3.05) is 19.8 Å². The molecule has 5 heteroatoms. The summed E-state index contributed by atoms with van der Waals surface area (Å²) in [4.78, 5) is 0. The lowest BCUT2D eigenvalue weighted by molar-refractivity contribution is 0.111. The molecular formula is C10H20N4O. The van der Waals surface area contributed by atoms with Crippen molar-refractivity contribution in [1.82, 2.24) is 20.7 Å². The Hall–Kier alpha value is -0.940. The van der Waals surface area contributed by atoms with Crippen molar-refractivity contribution in [2.45, 2.75) is 32.7 Å². The first-order valence-corrected chi connectivity index (χ1v) is 5.55. The number of nitrogens with zero attached hydrogens (tertiary/aromatic N) is 2. The molecule has 1 heterocycles. The standard InChI is InChI=1S/C10H20N4O/c1-3-5-11-10(8-15-6-4-2)9-7-12-14-13-9/h7,10-11H,3-6,8H2,1-2H3,(H,12,13,14). The lowest BCUT2D eigenvalue weighted by atomic mass is 10.2. The van der Waals surface area contributed by atoms with E-state index in [-0.39, 0.29) is 6.04 Å². The SMILES string of the molecule is CCCNC(COCCC)c1cn[nH]n1. The molecule has 1 rings (SSSR count). The van der Waals surface area contributed by atoms with Gasteiger partial charge in [0, 0.05) is 6.61 Å². The molecule has 0 aromatic carbocycles. The van der Waals surface area contributed by atoms with E-state index in [2.05, 4.69) is 34.6 Å².